The Morgan fingerprint density at radius 1 is 0.929 bits per heavy atom. The largest absolute Gasteiger partial charge is 0.378 e. The van der Waals surface area contributed by atoms with E-state index in [0.29, 0.717) is 57.4 Å². The summed E-state index contributed by atoms with van der Waals surface area (Å²) >= 11 is 0. The van der Waals surface area contributed by atoms with E-state index in [1.165, 1.54) is 0 Å². The first-order valence-electron chi connectivity index (χ1n) is 9.65. The van der Waals surface area contributed by atoms with Crippen LogP contribution in [0.4, 0.5) is 23.5 Å². The lowest BCUT2D eigenvalue weighted by atomic mass is 10.3. The fourth-order valence-corrected chi connectivity index (χ4v) is 2.19. The van der Waals surface area contributed by atoms with Crippen LogP contribution in [0, 0.1) is 0 Å². The van der Waals surface area contributed by atoms with Gasteiger partial charge in [-0.15, -0.1) is 0 Å². The van der Waals surface area contributed by atoms with Gasteiger partial charge in [0, 0.05) is 24.8 Å². The Hall–Kier alpha value is -2.49. The van der Waals surface area contributed by atoms with E-state index in [4.69, 9.17) is 15.2 Å². The second-order valence-electron chi connectivity index (χ2n) is 6.19. The highest BCUT2D eigenvalue weighted by atomic mass is 16.5. The molecule has 0 bridgehead atoms. The van der Waals surface area contributed by atoms with Crippen LogP contribution >= 0.6 is 0 Å². The minimum Gasteiger partial charge on any atom is -0.378 e. The maximum Gasteiger partial charge on any atom is 0.233 e. The van der Waals surface area contributed by atoms with Gasteiger partial charge in [-0.3, -0.25) is 0 Å². The van der Waals surface area contributed by atoms with Crippen molar-refractivity contribution in [1.82, 2.24) is 15.0 Å². The summed E-state index contributed by atoms with van der Waals surface area (Å²) in [5.41, 5.74) is 6.27. The molecular formula is C19H31N7O2. The molecule has 1 atom stereocenters. The van der Waals surface area contributed by atoms with E-state index >= 15 is 0 Å². The van der Waals surface area contributed by atoms with E-state index < -0.39 is 0 Å². The lowest BCUT2D eigenvalue weighted by molar-refractivity contribution is 0.0547. The number of aromatic nitrogens is 3. The molecule has 0 amide bonds. The second-order valence-corrected chi connectivity index (χ2v) is 6.19. The molecule has 0 aliphatic heterocycles. The van der Waals surface area contributed by atoms with Crippen molar-refractivity contribution in [3.63, 3.8) is 0 Å². The van der Waals surface area contributed by atoms with E-state index in [9.17, 15) is 0 Å². The van der Waals surface area contributed by atoms with E-state index in [0.717, 1.165) is 12.1 Å². The molecule has 2 aromatic rings. The Bertz CT molecular complexity index is 673. The van der Waals surface area contributed by atoms with Crippen molar-refractivity contribution < 1.29 is 9.47 Å². The van der Waals surface area contributed by atoms with Gasteiger partial charge in [-0.05, 0) is 25.5 Å². The number of para-hydroxylation sites is 1. The Kier molecular flexibility index (Phi) is 9.98. The molecule has 1 aromatic carbocycles. The molecule has 28 heavy (non-hydrogen) atoms. The SMILES string of the molecule is CCC(C)Nc1nc(NCCOCCOCCN)nc(Nc2ccccc2)n1. The van der Waals surface area contributed by atoms with Gasteiger partial charge < -0.3 is 31.2 Å². The van der Waals surface area contributed by atoms with Crippen LogP contribution in [0.5, 0.6) is 0 Å². The normalized spacial score (nSPS) is 11.8. The molecule has 154 valence electrons. The van der Waals surface area contributed by atoms with Gasteiger partial charge >= 0.3 is 0 Å². The zero-order chi connectivity index (χ0) is 20.0. The summed E-state index contributed by atoms with van der Waals surface area (Å²) < 4.78 is 10.8. The van der Waals surface area contributed by atoms with Crippen LogP contribution in [0.25, 0.3) is 0 Å². The average Bonchev–Trinajstić information content (AvgIpc) is 2.70. The molecule has 1 heterocycles. The fraction of sp³-hybridized carbons (Fsp3) is 0.526. The van der Waals surface area contributed by atoms with E-state index in [-0.39, 0.29) is 6.04 Å². The standard InChI is InChI=1S/C19H31N7O2/c1-3-15(2)22-18-24-17(21-10-12-28-14-13-27-11-9-20)25-19(26-18)23-16-7-5-4-6-8-16/h4-8,15H,3,9-14,20H2,1-2H3,(H3,21,22,23,24,25,26). The van der Waals surface area contributed by atoms with Gasteiger partial charge in [-0.2, -0.15) is 15.0 Å². The predicted molar refractivity (Wildman–Crippen MR) is 112 cm³/mol. The molecule has 0 radical (unpaired) electrons. The third-order valence-electron chi connectivity index (χ3n) is 3.82. The van der Waals surface area contributed by atoms with Crippen LogP contribution in [0.2, 0.25) is 0 Å². The van der Waals surface area contributed by atoms with Crippen molar-refractivity contribution in [2.24, 2.45) is 5.73 Å². The molecule has 5 N–H and O–H groups in total. The topological polar surface area (TPSA) is 119 Å². The van der Waals surface area contributed by atoms with Crippen molar-refractivity contribution >= 4 is 23.5 Å². The molecule has 0 aliphatic carbocycles. The van der Waals surface area contributed by atoms with Crippen molar-refractivity contribution in [3.05, 3.63) is 30.3 Å². The average molecular weight is 390 g/mol. The molecule has 0 saturated heterocycles. The monoisotopic (exact) mass is 389 g/mol. The molecule has 2 rings (SSSR count). The zero-order valence-corrected chi connectivity index (χ0v) is 16.6. The van der Waals surface area contributed by atoms with Crippen LogP contribution in [0.3, 0.4) is 0 Å². The van der Waals surface area contributed by atoms with Gasteiger partial charge in [0.15, 0.2) is 0 Å². The molecule has 0 saturated carbocycles. The molecule has 0 fully saturated rings. The highest BCUT2D eigenvalue weighted by molar-refractivity contribution is 5.55. The lowest BCUT2D eigenvalue weighted by Gasteiger charge is -2.14. The first kappa shape index (κ1) is 21.8. The smallest absolute Gasteiger partial charge is 0.233 e. The number of nitrogens with two attached hydrogens (primary N) is 1. The number of nitrogens with zero attached hydrogens (tertiary/aromatic N) is 3. The van der Waals surface area contributed by atoms with Crippen molar-refractivity contribution in [2.75, 3.05) is 55.5 Å². The van der Waals surface area contributed by atoms with Crippen LogP contribution in [-0.2, 0) is 9.47 Å². The Morgan fingerprint density at radius 3 is 2.32 bits per heavy atom. The first-order chi connectivity index (χ1) is 13.7. The number of rotatable bonds is 14. The summed E-state index contributed by atoms with van der Waals surface area (Å²) in [5.74, 6) is 1.49. The highest BCUT2D eigenvalue weighted by Crippen LogP contribution is 2.16. The first-order valence-corrected chi connectivity index (χ1v) is 9.65. The molecule has 0 aliphatic rings. The zero-order valence-electron chi connectivity index (χ0n) is 16.6. The molecule has 1 unspecified atom stereocenters. The van der Waals surface area contributed by atoms with Gasteiger partial charge in [0.2, 0.25) is 17.8 Å². The van der Waals surface area contributed by atoms with Gasteiger partial charge in [-0.1, -0.05) is 25.1 Å². The van der Waals surface area contributed by atoms with Crippen molar-refractivity contribution in [1.29, 1.82) is 0 Å². The van der Waals surface area contributed by atoms with Crippen LogP contribution < -0.4 is 21.7 Å². The second kappa shape index (κ2) is 12.8. The summed E-state index contributed by atoms with van der Waals surface area (Å²) in [5, 5.41) is 9.67. The van der Waals surface area contributed by atoms with Crippen molar-refractivity contribution in [3.8, 4) is 0 Å². The van der Waals surface area contributed by atoms with Gasteiger partial charge in [0.05, 0.1) is 26.4 Å². The molecular weight excluding hydrogens is 358 g/mol. The summed E-state index contributed by atoms with van der Waals surface area (Å²) in [4.78, 5) is 13.3. The predicted octanol–water partition coefficient (Wildman–Crippen LogP) is 2.23. The Morgan fingerprint density at radius 2 is 1.61 bits per heavy atom. The van der Waals surface area contributed by atoms with Gasteiger partial charge in [-0.25, -0.2) is 0 Å². The summed E-state index contributed by atoms with van der Waals surface area (Å²) in [7, 11) is 0. The van der Waals surface area contributed by atoms with Gasteiger partial charge in [0.1, 0.15) is 0 Å². The summed E-state index contributed by atoms with van der Waals surface area (Å²) in [6.45, 7) is 7.43. The summed E-state index contributed by atoms with van der Waals surface area (Å²) in [6.07, 6.45) is 0.968. The molecule has 1 aromatic heterocycles. The van der Waals surface area contributed by atoms with Crippen LogP contribution in [0.1, 0.15) is 20.3 Å². The quantitative estimate of drug-likeness (QED) is 0.361. The number of benzene rings is 1. The maximum absolute atomic E-state index is 5.51. The number of nitrogens with one attached hydrogen (secondary N) is 3. The minimum absolute atomic E-state index is 0.261. The van der Waals surface area contributed by atoms with E-state index in [1.54, 1.807) is 0 Å². The van der Waals surface area contributed by atoms with Crippen molar-refractivity contribution in [2.45, 2.75) is 26.3 Å². The minimum atomic E-state index is 0.261. The summed E-state index contributed by atoms with van der Waals surface area (Å²) in [6, 6.07) is 10.0. The Balaban J connectivity index is 1.91. The number of ether oxygens (including phenoxy) is 2. The Labute approximate surface area is 166 Å². The number of anilines is 4. The number of hydrogen-bond acceptors (Lipinski definition) is 9. The third-order valence-corrected chi connectivity index (χ3v) is 3.82. The maximum atomic E-state index is 5.51. The fourth-order valence-electron chi connectivity index (χ4n) is 2.19. The number of hydrogen-bond donors (Lipinski definition) is 4. The lowest BCUT2D eigenvalue weighted by Crippen LogP contribution is -2.19. The third kappa shape index (κ3) is 8.47. The molecule has 9 heteroatoms. The van der Waals surface area contributed by atoms with Gasteiger partial charge in [0.25, 0.3) is 0 Å². The van der Waals surface area contributed by atoms with E-state index in [1.807, 2.05) is 30.3 Å². The highest BCUT2D eigenvalue weighted by Gasteiger charge is 2.09. The molecule has 0 spiro atoms. The van der Waals surface area contributed by atoms with E-state index in [2.05, 4.69) is 44.7 Å². The molecule has 9 nitrogen and oxygen atoms in total. The van der Waals surface area contributed by atoms with Crippen LogP contribution in [-0.4, -0.2) is 60.5 Å². The van der Waals surface area contributed by atoms with Crippen LogP contribution in [0.15, 0.2) is 30.3 Å².